The lowest BCUT2D eigenvalue weighted by atomic mass is 9.68. The SMILES string of the molecule is [B]Cc1c([B])c(C[B])c(C(=O)OC(CS(=O)(=O)O)C(F)(F)F)c(C(=O)OCC)c1[B]. The van der Waals surface area contributed by atoms with Gasteiger partial charge in [-0.2, -0.15) is 21.6 Å². The van der Waals surface area contributed by atoms with Gasteiger partial charge in [0.2, 0.25) is 6.10 Å². The Morgan fingerprint density at radius 2 is 1.57 bits per heavy atom. The van der Waals surface area contributed by atoms with E-state index >= 15 is 0 Å². The summed E-state index contributed by atoms with van der Waals surface area (Å²) in [6.45, 7) is 1.24. The first-order chi connectivity index (χ1) is 13.7. The van der Waals surface area contributed by atoms with Crippen LogP contribution in [0.1, 0.15) is 38.8 Å². The molecule has 0 amide bonds. The summed E-state index contributed by atoms with van der Waals surface area (Å²) in [6.07, 6.45) is -9.46. The van der Waals surface area contributed by atoms with Crippen molar-refractivity contribution in [3.05, 3.63) is 22.3 Å². The summed E-state index contributed by atoms with van der Waals surface area (Å²) < 4.78 is 79.0. The summed E-state index contributed by atoms with van der Waals surface area (Å²) in [5.41, 5.74) is -2.49. The second kappa shape index (κ2) is 9.95. The first-order valence-electron chi connectivity index (χ1n) is 8.22. The van der Waals surface area contributed by atoms with Crippen LogP contribution in [0.25, 0.3) is 0 Å². The third-order valence-corrected chi connectivity index (χ3v) is 4.59. The van der Waals surface area contributed by atoms with Gasteiger partial charge in [0.15, 0.2) is 0 Å². The molecule has 0 spiro atoms. The van der Waals surface area contributed by atoms with E-state index in [2.05, 4.69) is 4.74 Å². The Labute approximate surface area is 176 Å². The highest BCUT2D eigenvalue weighted by Crippen LogP contribution is 2.26. The van der Waals surface area contributed by atoms with Crippen LogP contribution in [-0.2, 0) is 32.2 Å². The molecule has 0 aromatic heterocycles. The van der Waals surface area contributed by atoms with E-state index in [1.54, 1.807) is 0 Å². The van der Waals surface area contributed by atoms with Crippen molar-refractivity contribution in [2.75, 3.05) is 12.4 Å². The van der Waals surface area contributed by atoms with Gasteiger partial charge in [0.1, 0.15) is 21.4 Å². The fourth-order valence-corrected chi connectivity index (χ4v) is 3.19. The molecule has 30 heavy (non-hydrogen) atoms. The molecule has 1 atom stereocenters. The number of ether oxygens (including phenoxy) is 2. The normalized spacial score (nSPS) is 13.0. The van der Waals surface area contributed by atoms with Gasteiger partial charge in [0.25, 0.3) is 10.1 Å². The molecule has 1 rings (SSSR count). The second-order valence-electron chi connectivity index (χ2n) is 5.85. The number of alkyl halides is 3. The van der Waals surface area contributed by atoms with Crippen molar-refractivity contribution in [1.29, 1.82) is 0 Å². The molecule has 1 aromatic carbocycles. The first kappa shape index (κ1) is 26.2. The van der Waals surface area contributed by atoms with E-state index < -0.39 is 63.0 Å². The highest BCUT2D eigenvalue weighted by atomic mass is 32.2. The number of hydrogen-bond acceptors (Lipinski definition) is 6. The van der Waals surface area contributed by atoms with Crippen molar-refractivity contribution < 1.29 is 45.2 Å². The quantitative estimate of drug-likeness (QED) is 0.308. The minimum atomic E-state index is -5.37. The number of esters is 2. The second-order valence-corrected chi connectivity index (χ2v) is 7.34. The Bertz CT molecular complexity index is 935. The van der Waals surface area contributed by atoms with E-state index in [0.29, 0.717) is 0 Å². The third kappa shape index (κ3) is 6.07. The zero-order chi connectivity index (χ0) is 23.4. The van der Waals surface area contributed by atoms with Crippen molar-refractivity contribution in [3.8, 4) is 0 Å². The maximum absolute atomic E-state index is 13.1. The minimum absolute atomic E-state index is 0.000334. The average molecular weight is 438 g/mol. The Balaban J connectivity index is 3.71. The van der Waals surface area contributed by atoms with Crippen molar-refractivity contribution in [2.24, 2.45) is 0 Å². The molecule has 0 aliphatic carbocycles. The zero-order valence-electron chi connectivity index (χ0n) is 15.7. The van der Waals surface area contributed by atoms with Gasteiger partial charge in [0.05, 0.1) is 33.4 Å². The molecule has 0 bridgehead atoms. The molecule has 1 aromatic rings. The lowest BCUT2D eigenvalue weighted by molar-refractivity contribution is -0.197. The molecule has 1 unspecified atom stereocenters. The van der Waals surface area contributed by atoms with Crippen LogP contribution in [-0.4, -0.2) is 80.9 Å². The molecular formula is C15H13B4F3O7S. The van der Waals surface area contributed by atoms with E-state index in [-0.39, 0.29) is 29.5 Å². The highest BCUT2D eigenvalue weighted by molar-refractivity contribution is 7.85. The third-order valence-electron chi connectivity index (χ3n) is 3.86. The summed E-state index contributed by atoms with van der Waals surface area (Å²) in [5, 5.41) is 0. The van der Waals surface area contributed by atoms with Crippen LogP contribution >= 0.6 is 0 Å². The van der Waals surface area contributed by atoms with Gasteiger partial charge in [-0.3, -0.25) is 4.55 Å². The molecule has 0 heterocycles. The standard InChI is InChI=1S/C15H13B4F3O7S/c1-2-28-13(23)10-9(6(3-16)11(18)7(4-17)12(10)19)14(24)29-8(15(20,21)22)5-30(25,26)27/h8H,2-5H2,1H3,(H,25,26,27). The van der Waals surface area contributed by atoms with Crippen LogP contribution in [0.4, 0.5) is 13.2 Å². The van der Waals surface area contributed by atoms with Gasteiger partial charge in [-0.1, -0.05) is 29.1 Å². The molecule has 0 aliphatic rings. The molecule has 0 fully saturated rings. The summed E-state index contributed by atoms with van der Waals surface area (Å²) in [6, 6.07) is 0. The van der Waals surface area contributed by atoms with Crippen LogP contribution in [0.3, 0.4) is 0 Å². The molecule has 0 saturated carbocycles. The van der Waals surface area contributed by atoms with Crippen molar-refractivity contribution in [3.63, 3.8) is 0 Å². The van der Waals surface area contributed by atoms with Gasteiger partial charge in [0, 0.05) is 0 Å². The number of hydrogen-bond donors (Lipinski definition) is 1. The largest absolute Gasteiger partial charge is 0.462 e. The molecular weight excluding hydrogens is 424 g/mol. The fourth-order valence-electron chi connectivity index (χ4n) is 2.55. The maximum Gasteiger partial charge on any atom is 0.426 e. The smallest absolute Gasteiger partial charge is 0.426 e. The van der Waals surface area contributed by atoms with E-state index in [1.165, 1.54) is 6.92 Å². The number of halogens is 3. The minimum Gasteiger partial charge on any atom is -0.462 e. The Hall–Kier alpha value is -1.88. The predicted molar refractivity (Wildman–Crippen MR) is 104 cm³/mol. The van der Waals surface area contributed by atoms with Gasteiger partial charge in [-0.05, 0) is 12.5 Å². The van der Waals surface area contributed by atoms with E-state index in [0.717, 1.165) is 0 Å². The summed E-state index contributed by atoms with van der Waals surface area (Å²) in [7, 11) is 17.6. The number of benzene rings is 1. The maximum atomic E-state index is 13.1. The van der Waals surface area contributed by atoms with E-state index in [4.69, 9.17) is 40.7 Å². The topological polar surface area (TPSA) is 107 Å². The number of carbonyl (C=O) groups excluding carboxylic acids is 2. The molecule has 154 valence electrons. The summed E-state index contributed by atoms with van der Waals surface area (Å²) >= 11 is 0. The van der Waals surface area contributed by atoms with Crippen molar-refractivity contribution in [1.82, 2.24) is 0 Å². The average Bonchev–Trinajstić information content (AvgIpc) is 2.59. The molecule has 7 nitrogen and oxygen atoms in total. The predicted octanol–water partition coefficient (Wildman–Crippen LogP) is -1.24. The molecule has 0 aliphatic heterocycles. The molecule has 0 saturated heterocycles. The van der Waals surface area contributed by atoms with Crippen molar-refractivity contribution in [2.45, 2.75) is 31.8 Å². The van der Waals surface area contributed by atoms with Crippen LogP contribution in [0.5, 0.6) is 0 Å². The van der Waals surface area contributed by atoms with Crippen molar-refractivity contribution >= 4 is 64.4 Å². The lowest BCUT2D eigenvalue weighted by Gasteiger charge is -2.24. The molecule has 8 radical (unpaired) electrons. The summed E-state index contributed by atoms with van der Waals surface area (Å²) in [4.78, 5) is 25.0. The Kier molecular flexibility index (Phi) is 8.68. The Morgan fingerprint density at radius 3 is 1.97 bits per heavy atom. The number of rotatable bonds is 8. The lowest BCUT2D eigenvalue weighted by Crippen LogP contribution is -2.41. The number of carbonyl (C=O) groups is 2. The van der Waals surface area contributed by atoms with Crippen LogP contribution in [0, 0.1) is 0 Å². The molecule has 1 N–H and O–H groups in total. The molecule has 15 heteroatoms. The van der Waals surface area contributed by atoms with Gasteiger partial charge < -0.3 is 9.47 Å². The fraction of sp³-hybridized carbons (Fsp3) is 0.467. The van der Waals surface area contributed by atoms with Crippen LogP contribution in [0.15, 0.2) is 0 Å². The van der Waals surface area contributed by atoms with Crippen LogP contribution < -0.4 is 10.9 Å². The summed E-state index contributed by atoms with van der Waals surface area (Å²) in [5.74, 6) is -4.96. The monoisotopic (exact) mass is 438 g/mol. The first-order valence-corrected chi connectivity index (χ1v) is 9.83. The van der Waals surface area contributed by atoms with Crippen LogP contribution in [0.2, 0.25) is 0 Å². The van der Waals surface area contributed by atoms with Gasteiger partial charge in [-0.25, -0.2) is 9.59 Å². The van der Waals surface area contributed by atoms with E-state index in [9.17, 15) is 31.2 Å². The highest BCUT2D eigenvalue weighted by Gasteiger charge is 2.46. The van der Waals surface area contributed by atoms with Gasteiger partial charge in [-0.15, -0.1) is 0 Å². The van der Waals surface area contributed by atoms with E-state index in [1.807, 2.05) is 0 Å². The van der Waals surface area contributed by atoms with Gasteiger partial charge >= 0.3 is 18.1 Å². The zero-order valence-corrected chi connectivity index (χ0v) is 16.5. The Morgan fingerprint density at radius 1 is 1.03 bits per heavy atom.